The maximum Gasteiger partial charge on any atom is 0.374 e. The van der Waals surface area contributed by atoms with Gasteiger partial charge < -0.3 is 9.15 Å². The van der Waals surface area contributed by atoms with Gasteiger partial charge in [-0.3, -0.25) is 0 Å². The second kappa shape index (κ2) is 5.74. The molecule has 0 spiro atoms. The third-order valence-electron chi connectivity index (χ3n) is 3.09. The fraction of sp³-hybridized carbons (Fsp3) is 0.312. The van der Waals surface area contributed by atoms with Crippen LogP contribution in [0.1, 0.15) is 43.3 Å². The first-order valence-electron chi connectivity index (χ1n) is 6.55. The first-order chi connectivity index (χ1) is 9.19. The van der Waals surface area contributed by atoms with Gasteiger partial charge in [-0.15, -0.1) is 0 Å². The number of allylic oxidation sites excluding steroid dienone is 2. The van der Waals surface area contributed by atoms with Crippen molar-refractivity contribution in [2.45, 2.75) is 27.2 Å². The molecule has 0 aliphatic heterocycles. The van der Waals surface area contributed by atoms with Gasteiger partial charge in [0.15, 0.2) is 0 Å². The van der Waals surface area contributed by atoms with Gasteiger partial charge in [0.25, 0.3) is 0 Å². The number of hydrogen-bond donors (Lipinski definition) is 0. The van der Waals surface area contributed by atoms with Gasteiger partial charge in [0.1, 0.15) is 5.58 Å². The molecule has 0 amide bonds. The van der Waals surface area contributed by atoms with Crippen LogP contribution in [0.5, 0.6) is 0 Å². The fourth-order valence-corrected chi connectivity index (χ4v) is 2.12. The lowest BCUT2D eigenvalue weighted by Gasteiger charge is -2.03. The van der Waals surface area contributed by atoms with Crippen LogP contribution in [0.3, 0.4) is 0 Å². The molecule has 0 aliphatic rings. The first kappa shape index (κ1) is 13.4. The molecule has 1 heterocycles. The van der Waals surface area contributed by atoms with Crippen LogP contribution < -0.4 is 0 Å². The van der Waals surface area contributed by atoms with Crippen molar-refractivity contribution in [1.82, 2.24) is 0 Å². The van der Waals surface area contributed by atoms with E-state index in [1.807, 2.05) is 25.1 Å². The molecule has 3 heteroatoms. The molecule has 0 radical (unpaired) electrons. The van der Waals surface area contributed by atoms with Gasteiger partial charge in [-0.25, -0.2) is 4.79 Å². The van der Waals surface area contributed by atoms with Gasteiger partial charge in [0.05, 0.1) is 6.61 Å². The third-order valence-corrected chi connectivity index (χ3v) is 3.09. The van der Waals surface area contributed by atoms with Crippen LogP contribution in [0.2, 0.25) is 0 Å². The van der Waals surface area contributed by atoms with E-state index >= 15 is 0 Å². The second-order valence-corrected chi connectivity index (χ2v) is 4.25. The summed E-state index contributed by atoms with van der Waals surface area (Å²) in [5.41, 5.74) is 3.15. The Kier molecular flexibility index (Phi) is 4.05. The molecule has 0 aliphatic carbocycles. The average Bonchev–Trinajstić information content (AvgIpc) is 2.83. The number of furan rings is 1. The van der Waals surface area contributed by atoms with Crippen molar-refractivity contribution < 1.29 is 13.9 Å². The number of ether oxygens (including phenoxy) is 1. The lowest BCUT2D eigenvalue weighted by molar-refractivity contribution is 0.0492. The smallest absolute Gasteiger partial charge is 0.374 e. The summed E-state index contributed by atoms with van der Waals surface area (Å²) in [7, 11) is 0. The molecule has 19 heavy (non-hydrogen) atoms. The van der Waals surface area contributed by atoms with Crippen molar-refractivity contribution in [1.29, 1.82) is 0 Å². The van der Waals surface area contributed by atoms with E-state index in [1.54, 1.807) is 13.0 Å². The number of benzene rings is 1. The number of rotatable bonds is 4. The molecule has 0 unspecified atom stereocenters. The monoisotopic (exact) mass is 258 g/mol. The van der Waals surface area contributed by atoms with E-state index in [0.29, 0.717) is 12.2 Å². The van der Waals surface area contributed by atoms with Crippen LogP contribution in [0.25, 0.3) is 16.5 Å². The molecule has 0 atom stereocenters. The van der Waals surface area contributed by atoms with Gasteiger partial charge in [0.2, 0.25) is 5.76 Å². The molecule has 0 saturated heterocycles. The average molecular weight is 258 g/mol. The van der Waals surface area contributed by atoms with Crippen LogP contribution in [0, 0.1) is 0 Å². The molecule has 0 bridgehead atoms. The molecular weight excluding hydrogens is 240 g/mol. The maximum atomic E-state index is 11.6. The van der Waals surface area contributed by atoms with Crippen LogP contribution >= 0.6 is 0 Å². The van der Waals surface area contributed by atoms with E-state index in [4.69, 9.17) is 9.15 Å². The van der Waals surface area contributed by atoms with E-state index in [0.717, 1.165) is 17.4 Å². The first-order valence-corrected chi connectivity index (χ1v) is 6.55. The molecule has 2 rings (SSSR count). The number of carbonyl (C=O) groups is 1. The normalized spacial score (nSPS) is 11.8. The van der Waals surface area contributed by atoms with E-state index in [2.05, 4.69) is 13.0 Å². The zero-order chi connectivity index (χ0) is 13.8. The minimum Gasteiger partial charge on any atom is -0.460 e. The van der Waals surface area contributed by atoms with Gasteiger partial charge in [-0.1, -0.05) is 19.1 Å². The molecule has 0 saturated carbocycles. The minimum atomic E-state index is -0.415. The zero-order valence-electron chi connectivity index (χ0n) is 11.5. The van der Waals surface area contributed by atoms with Crippen molar-refractivity contribution in [2.24, 2.45) is 0 Å². The highest BCUT2D eigenvalue weighted by atomic mass is 16.5. The van der Waals surface area contributed by atoms with Crippen molar-refractivity contribution in [3.63, 3.8) is 0 Å². The van der Waals surface area contributed by atoms with Gasteiger partial charge in [-0.2, -0.15) is 0 Å². The number of fused-ring (bicyclic) bond motifs is 1. The Morgan fingerprint density at radius 2 is 2.11 bits per heavy atom. The number of carbonyl (C=O) groups excluding carboxylic acids is 1. The van der Waals surface area contributed by atoms with E-state index in [-0.39, 0.29) is 5.76 Å². The Hall–Kier alpha value is -2.03. The molecule has 0 N–H and O–H groups in total. The summed E-state index contributed by atoms with van der Waals surface area (Å²) in [5, 5.41) is 0.924. The minimum absolute atomic E-state index is 0.257. The lowest BCUT2D eigenvalue weighted by Crippen LogP contribution is -2.02. The quantitative estimate of drug-likeness (QED) is 0.762. The fourth-order valence-electron chi connectivity index (χ4n) is 2.12. The Labute approximate surface area is 112 Å². The maximum absolute atomic E-state index is 11.6. The van der Waals surface area contributed by atoms with Gasteiger partial charge >= 0.3 is 5.97 Å². The van der Waals surface area contributed by atoms with E-state index in [1.165, 1.54) is 5.57 Å². The molecular formula is C16H18O3. The van der Waals surface area contributed by atoms with Crippen molar-refractivity contribution >= 4 is 22.5 Å². The Morgan fingerprint density at radius 1 is 1.32 bits per heavy atom. The molecule has 3 nitrogen and oxygen atoms in total. The predicted octanol–water partition coefficient (Wildman–Crippen LogP) is 4.42. The highest BCUT2D eigenvalue weighted by Crippen LogP contribution is 2.26. The summed E-state index contributed by atoms with van der Waals surface area (Å²) in [4.78, 5) is 11.6. The Morgan fingerprint density at radius 3 is 2.74 bits per heavy atom. The molecule has 1 aromatic heterocycles. The van der Waals surface area contributed by atoms with Gasteiger partial charge in [0, 0.05) is 5.39 Å². The SMILES string of the molecule is C/C=C(/CC)c1ccc2oc(C(=O)OCC)cc2c1. The lowest BCUT2D eigenvalue weighted by atomic mass is 10.0. The summed E-state index contributed by atoms with van der Waals surface area (Å²) in [5.74, 6) is -0.158. The largest absolute Gasteiger partial charge is 0.460 e. The van der Waals surface area contributed by atoms with Crippen LogP contribution in [0.15, 0.2) is 34.8 Å². The Balaban J connectivity index is 2.41. The van der Waals surface area contributed by atoms with Crippen LogP contribution in [-0.4, -0.2) is 12.6 Å². The highest BCUT2D eigenvalue weighted by Gasteiger charge is 2.13. The third kappa shape index (κ3) is 2.70. The van der Waals surface area contributed by atoms with Crippen LogP contribution in [0.4, 0.5) is 0 Å². The van der Waals surface area contributed by atoms with Crippen molar-refractivity contribution in [3.05, 3.63) is 41.7 Å². The van der Waals surface area contributed by atoms with E-state index in [9.17, 15) is 4.79 Å². The zero-order valence-corrected chi connectivity index (χ0v) is 11.5. The summed E-state index contributed by atoms with van der Waals surface area (Å²) in [6.45, 7) is 6.28. The Bertz CT molecular complexity index is 620. The molecule has 0 fully saturated rings. The molecule has 1 aromatic carbocycles. The standard InChI is InChI=1S/C16H18O3/c1-4-11(5-2)12-7-8-14-13(9-12)10-15(19-14)16(17)18-6-3/h4,7-10H,5-6H2,1-3H3/b11-4-. The molecule has 100 valence electrons. The van der Waals surface area contributed by atoms with E-state index < -0.39 is 5.97 Å². The topological polar surface area (TPSA) is 39.4 Å². The predicted molar refractivity (Wildman–Crippen MR) is 76.1 cm³/mol. The van der Waals surface area contributed by atoms with Gasteiger partial charge in [-0.05, 0) is 49.6 Å². The highest BCUT2D eigenvalue weighted by molar-refractivity contribution is 5.93. The summed E-state index contributed by atoms with van der Waals surface area (Å²) < 4.78 is 10.4. The summed E-state index contributed by atoms with van der Waals surface area (Å²) >= 11 is 0. The van der Waals surface area contributed by atoms with Crippen LogP contribution in [-0.2, 0) is 4.74 Å². The second-order valence-electron chi connectivity index (χ2n) is 4.25. The number of esters is 1. The summed E-state index contributed by atoms with van der Waals surface area (Å²) in [6, 6.07) is 7.69. The van der Waals surface area contributed by atoms with Crippen molar-refractivity contribution in [2.75, 3.05) is 6.61 Å². The number of hydrogen-bond acceptors (Lipinski definition) is 3. The summed E-state index contributed by atoms with van der Waals surface area (Å²) in [6.07, 6.45) is 3.08. The molecule has 2 aromatic rings. The van der Waals surface area contributed by atoms with Crippen molar-refractivity contribution in [3.8, 4) is 0 Å².